The van der Waals surface area contributed by atoms with E-state index in [1.54, 1.807) is 67.6 Å². The first-order chi connectivity index (χ1) is 17.5. The molecule has 7 nitrogen and oxygen atoms in total. The molecule has 0 aromatic heterocycles. The Morgan fingerprint density at radius 1 is 0.611 bits per heavy atom. The Bertz CT molecular complexity index is 1130. The monoisotopic (exact) mass is 490 g/mol. The lowest BCUT2D eigenvalue weighted by molar-refractivity contribution is -0.143. The predicted octanol–water partition coefficient (Wildman–Crippen LogP) is 5.80. The third kappa shape index (κ3) is 8.27. The fraction of sp³-hybridized carbons (Fsp3) is 0.276. The molecule has 0 aliphatic heterocycles. The number of aryl methyl sites for hydroxylation is 1. The first-order valence-electron chi connectivity index (χ1n) is 12.0. The standard InChI is InChI=1S/C29H30O7/c1-3-21-7-13-25(14-8-21)35-29(32)23-11-17-26(18-12-23)36-28(31)22-9-15-24(16-10-22)33-19-5-6-20-34-27(30)4-2/h7-18H,3-6,19-20H2,1-2H3. The lowest BCUT2D eigenvalue weighted by Crippen LogP contribution is -2.10. The zero-order valence-corrected chi connectivity index (χ0v) is 20.5. The number of carbonyl (C=O) groups excluding carboxylic acids is 3. The first kappa shape index (κ1) is 26.5. The lowest BCUT2D eigenvalue weighted by Gasteiger charge is -2.08. The molecule has 3 rings (SSSR count). The molecule has 3 aromatic rings. The summed E-state index contributed by atoms with van der Waals surface area (Å²) in [6.45, 7) is 4.68. The Hall–Kier alpha value is -4.13. The van der Waals surface area contributed by atoms with E-state index in [1.165, 1.54) is 0 Å². The van der Waals surface area contributed by atoms with Crippen LogP contribution in [0.25, 0.3) is 0 Å². The van der Waals surface area contributed by atoms with E-state index in [4.69, 9.17) is 18.9 Å². The topological polar surface area (TPSA) is 88.1 Å². The van der Waals surface area contributed by atoms with Gasteiger partial charge < -0.3 is 18.9 Å². The Morgan fingerprint density at radius 3 is 1.58 bits per heavy atom. The fourth-order valence-electron chi connectivity index (χ4n) is 3.15. The van der Waals surface area contributed by atoms with E-state index in [0.717, 1.165) is 24.8 Å². The Kier molecular flexibility index (Phi) is 10.1. The Balaban J connectivity index is 1.44. The number of rotatable bonds is 12. The van der Waals surface area contributed by atoms with Crippen LogP contribution in [0.5, 0.6) is 17.2 Å². The van der Waals surface area contributed by atoms with Gasteiger partial charge >= 0.3 is 17.9 Å². The van der Waals surface area contributed by atoms with Gasteiger partial charge in [-0.15, -0.1) is 0 Å². The summed E-state index contributed by atoms with van der Waals surface area (Å²) < 4.78 is 21.4. The van der Waals surface area contributed by atoms with Crippen molar-refractivity contribution in [3.05, 3.63) is 89.5 Å². The molecule has 0 bridgehead atoms. The zero-order chi connectivity index (χ0) is 25.8. The molecule has 36 heavy (non-hydrogen) atoms. The normalized spacial score (nSPS) is 10.4. The molecule has 0 saturated heterocycles. The molecular weight excluding hydrogens is 460 g/mol. The molecule has 188 valence electrons. The van der Waals surface area contributed by atoms with Gasteiger partial charge in [-0.05, 0) is 85.5 Å². The number of ether oxygens (including phenoxy) is 4. The molecule has 0 atom stereocenters. The Morgan fingerprint density at radius 2 is 1.08 bits per heavy atom. The van der Waals surface area contributed by atoms with E-state index in [0.29, 0.717) is 48.0 Å². The summed E-state index contributed by atoms with van der Waals surface area (Å²) in [5, 5.41) is 0. The fourth-order valence-corrected chi connectivity index (χ4v) is 3.15. The molecule has 0 spiro atoms. The number of hydrogen-bond donors (Lipinski definition) is 0. The molecule has 0 fully saturated rings. The highest BCUT2D eigenvalue weighted by Crippen LogP contribution is 2.19. The van der Waals surface area contributed by atoms with Crippen LogP contribution in [0.15, 0.2) is 72.8 Å². The smallest absolute Gasteiger partial charge is 0.343 e. The summed E-state index contributed by atoms with van der Waals surface area (Å²) in [5.74, 6) is 0.195. The van der Waals surface area contributed by atoms with Crippen LogP contribution in [-0.4, -0.2) is 31.1 Å². The molecule has 0 aliphatic rings. The van der Waals surface area contributed by atoms with E-state index < -0.39 is 11.9 Å². The molecule has 0 amide bonds. The van der Waals surface area contributed by atoms with E-state index >= 15 is 0 Å². The number of esters is 3. The van der Waals surface area contributed by atoms with Crippen LogP contribution in [0.2, 0.25) is 0 Å². The van der Waals surface area contributed by atoms with Crippen LogP contribution in [0.4, 0.5) is 0 Å². The molecule has 0 radical (unpaired) electrons. The van der Waals surface area contributed by atoms with Gasteiger partial charge in [-0.25, -0.2) is 9.59 Å². The molecule has 0 unspecified atom stereocenters. The average Bonchev–Trinajstić information content (AvgIpc) is 2.91. The maximum Gasteiger partial charge on any atom is 0.343 e. The molecular formula is C29H30O7. The van der Waals surface area contributed by atoms with Crippen molar-refractivity contribution in [2.24, 2.45) is 0 Å². The van der Waals surface area contributed by atoms with Crippen molar-refractivity contribution in [2.75, 3.05) is 13.2 Å². The van der Waals surface area contributed by atoms with Crippen LogP contribution >= 0.6 is 0 Å². The number of unbranched alkanes of at least 4 members (excludes halogenated alkanes) is 1. The second-order valence-corrected chi connectivity index (χ2v) is 7.95. The minimum atomic E-state index is -0.523. The van der Waals surface area contributed by atoms with Gasteiger partial charge in [0, 0.05) is 6.42 Å². The summed E-state index contributed by atoms with van der Waals surface area (Å²) >= 11 is 0. The maximum atomic E-state index is 12.5. The summed E-state index contributed by atoms with van der Waals surface area (Å²) in [5.41, 5.74) is 1.87. The highest BCUT2D eigenvalue weighted by atomic mass is 16.5. The van der Waals surface area contributed by atoms with Crippen molar-refractivity contribution in [1.82, 2.24) is 0 Å². The molecule has 0 saturated carbocycles. The van der Waals surface area contributed by atoms with Crippen molar-refractivity contribution in [2.45, 2.75) is 39.5 Å². The summed E-state index contributed by atoms with van der Waals surface area (Å²) in [6, 6.07) is 20.2. The third-order valence-corrected chi connectivity index (χ3v) is 5.29. The second kappa shape index (κ2) is 13.7. The summed E-state index contributed by atoms with van der Waals surface area (Å²) in [7, 11) is 0. The molecule has 3 aromatic carbocycles. The van der Waals surface area contributed by atoms with E-state index in [2.05, 4.69) is 6.92 Å². The molecule has 0 heterocycles. The highest BCUT2D eigenvalue weighted by Gasteiger charge is 2.12. The van der Waals surface area contributed by atoms with Gasteiger partial charge in [-0.2, -0.15) is 0 Å². The predicted molar refractivity (Wildman–Crippen MR) is 135 cm³/mol. The van der Waals surface area contributed by atoms with Gasteiger partial charge in [0.05, 0.1) is 24.3 Å². The minimum absolute atomic E-state index is 0.203. The zero-order valence-electron chi connectivity index (χ0n) is 20.5. The maximum absolute atomic E-state index is 12.5. The minimum Gasteiger partial charge on any atom is -0.494 e. The number of hydrogen-bond acceptors (Lipinski definition) is 7. The van der Waals surface area contributed by atoms with Gasteiger partial charge in [-0.3, -0.25) is 4.79 Å². The van der Waals surface area contributed by atoms with Crippen molar-refractivity contribution < 1.29 is 33.3 Å². The van der Waals surface area contributed by atoms with E-state index in [9.17, 15) is 14.4 Å². The average molecular weight is 491 g/mol. The number of benzene rings is 3. The lowest BCUT2D eigenvalue weighted by atomic mass is 10.2. The van der Waals surface area contributed by atoms with E-state index in [1.807, 2.05) is 12.1 Å². The van der Waals surface area contributed by atoms with Crippen molar-refractivity contribution in [1.29, 1.82) is 0 Å². The summed E-state index contributed by atoms with van der Waals surface area (Å²) in [6.07, 6.45) is 2.75. The van der Waals surface area contributed by atoms with Gasteiger partial charge in [0.15, 0.2) is 0 Å². The SMILES string of the molecule is CCC(=O)OCCCCOc1ccc(C(=O)Oc2ccc(C(=O)Oc3ccc(CC)cc3)cc2)cc1. The third-order valence-electron chi connectivity index (χ3n) is 5.29. The van der Waals surface area contributed by atoms with Gasteiger partial charge in [0.25, 0.3) is 0 Å². The van der Waals surface area contributed by atoms with Crippen LogP contribution in [0.3, 0.4) is 0 Å². The summed E-state index contributed by atoms with van der Waals surface area (Å²) in [4.78, 5) is 35.9. The quantitative estimate of drug-likeness (QED) is 0.180. The van der Waals surface area contributed by atoms with Gasteiger partial charge in [-0.1, -0.05) is 26.0 Å². The van der Waals surface area contributed by atoms with Crippen molar-refractivity contribution >= 4 is 17.9 Å². The van der Waals surface area contributed by atoms with Crippen LogP contribution in [-0.2, 0) is 16.0 Å². The number of carbonyl (C=O) groups is 3. The Labute approximate surface area is 210 Å². The highest BCUT2D eigenvalue weighted by molar-refractivity contribution is 5.92. The van der Waals surface area contributed by atoms with E-state index in [-0.39, 0.29) is 5.97 Å². The molecule has 0 aliphatic carbocycles. The van der Waals surface area contributed by atoms with Crippen LogP contribution < -0.4 is 14.2 Å². The van der Waals surface area contributed by atoms with Crippen molar-refractivity contribution in [3.63, 3.8) is 0 Å². The van der Waals surface area contributed by atoms with Gasteiger partial charge in [0.2, 0.25) is 0 Å². The first-order valence-corrected chi connectivity index (χ1v) is 12.0. The second-order valence-electron chi connectivity index (χ2n) is 7.95. The van der Waals surface area contributed by atoms with Crippen molar-refractivity contribution in [3.8, 4) is 17.2 Å². The molecule has 0 N–H and O–H groups in total. The molecule has 7 heteroatoms. The largest absolute Gasteiger partial charge is 0.494 e. The van der Waals surface area contributed by atoms with Gasteiger partial charge in [0.1, 0.15) is 17.2 Å². The van der Waals surface area contributed by atoms with Crippen LogP contribution in [0.1, 0.15) is 59.4 Å². The van der Waals surface area contributed by atoms with Crippen LogP contribution in [0, 0.1) is 0 Å².